The number of hydrogen-bond acceptors (Lipinski definition) is 3. The van der Waals surface area contributed by atoms with Gasteiger partial charge in [-0.05, 0) is 25.1 Å². The molecule has 1 rings (SSSR count). The Kier molecular flexibility index (Phi) is 3.51. The van der Waals surface area contributed by atoms with Crippen LogP contribution < -0.4 is 4.90 Å². The van der Waals surface area contributed by atoms with Crippen LogP contribution in [0.15, 0.2) is 18.2 Å². The number of benzene rings is 1. The van der Waals surface area contributed by atoms with E-state index in [1.54, 1.807) is 19.1 Å². The van der Waals surface area contributed by atoms with Crippen LogP contribution in [-0.4, -0.2) is 26.7 Å². The van der Waals surface area contributed by atoms with E-state index in [2.05, 4.69) is 6.07 Å². The van der Waals surface area contributed by atoms with Crippen LogP contribution in [0.5, 0.6) is 0 Å². The first kappa shape index (κ1) is 10.6. The maximum Gasteiger partial charge on any atom is 0.338 e. The normalized spacial score (nSPS) is 9.64. The van der Waals surface area contributed by atoms with Gasteiger partial charge in [0.1, 0.15) is 0 Å². The van der Waals surface area contributed by atoms with Crippen LogP contribution in [-0.2, 0) is 4.74 Å². The van der Waals surface area contributed by atoms with Crippen molar-refractivity contribution in [3.63, 3.8) is 0 Å². The molecule has 0 N–H and O–H groups in total. The molecule has 0 amide bonds. The van der Waals surface area contributed by atoms with Crippen molar-refractivity contribution in [1.29, 1.82) is 0 Å². The SMILES string of the molecule is CCOC(=O)c1[c]ccc(N(C)C)c1. The quantitative estimate of drug-likeness (QED) is 0.683. The highest BCUT2D eigenvalue weighted by atomic mass is 16.5. The lowest BCUT2D eigenvalue weighted by Gasteiger charge is -2.12. The van der Waals surface area contributed by atoms with Crippen molar-refractivity contribution in [2.24, 2.45) is 0 Å². The summed E-state index contributed by atoms with van der Waals surface area (Å²) in [6, 6.07) is 8.22. The molecule has 0 aromatic heterocycles. The highest BCUT2D eigenvalue weighted by molar-refractivity contribution is 5.90. The first-order valence-corrected chi connectivity index (χ1v) is 4.51. The molecule has 3 heteroatoms. The topological polar surface area (TPSA) is 29.5 Å². The van der Waals surface area contributed by atoms with Gasteiger partial charge in [0, 0.05) is 19.8 Å². The first-order valence-electron chi connectivity index (χ1n) is 4.51. The highest BCUT2D eigenvalue weighted by Crippen LogP contribution is 2.13. The standard InChI is InChI=1S/C11H14NO2/c1-4-14-11(13)9-6-5-7-10(8-9)12(2)3/h5,7-8H,4H2,1-3H3. The maximum absolute atomic E-state index is 11.3. The Balaban J connectivity index is 2.88. The molecule has 0 fully saturated rings. The van der Waals surface area contributed by atoms with Crippen LogP contribution in [0.2, 0.25) is 0 Å². The minimum atomic E-state index is -0.323. The minimum Gasteiger partial charge on any atom is -0.462 e. The number of anilines is 1. The Morgan fingerprint density at radius 1 is 1.57 bits per heavy atom. The average molecular weight is 192 g/mol. The van der Waals surface area contributed by atoms with Crippen LogP contribution >= 0.6 is 0 Å². The molecule has 1 aromatic rings. The fourth-order valence-corrected chi connectivity index (χ4v) is 1.06. The Hall–Kier alpha value is -1.51. The first-order chi connectivity index (χ1) is 6.65. The van der Waals surface area contributed by atoms with Crippen LogP contribution in [0, 0.1) is 6.07 Å². The van der Waals surface area contributed by atoms with E-state index in [0.717, 1.165) is 5.69 Å². The van der Waals surface area contributed by atoms with Gasteiger partial charge in [0.25, 0.3) is 0 Å². The third-order valence-electron chi connectivity index (χ3n) is 1.80. The molecule has 0 saturated heterocycles. The van der Waals surface area contributed by atoms with Crippen LogP contribution in [0.3, 0.4) is 0 Å². The molecular formula is C11H14NO2. The number of carbonyl (C=O) groups is 1. The predicted octanol–water partition coefficient (Wildman–Crippen LogP) is 1.73. The summed E-state index contributed by atoms with van der Waals surface area (Å²) in [6.45, 7) is 2.17. The van der Waals surface area contributed by atoms with Crippen molar-refractivity contribution in [2.75, 3.05) is 25.6 Å². The van der Waals surface area contributed by atoms with Crippen molar-refractivity contribution in [1.82, 2.24) is 0 Å². The van der Waals surface area contributed by atoms with E-state index in [-0.39, 0.29) is 5.97 Å². The van der Waals surface area contributed by atoms with Gasteiger partial charge >= 0.3 is 5.97 Å². The summed E-state index contributed by atoms with van der Waals surface area (Å²) in [7, 11) is 3.84. The molecule has 3 nitrogen and oxygen atoms in total. The summed E-state index contributed by atoms with van der Waals surface area (Å²) in [5.74, 6) is -0.323. The summed E-state index contributed by atoms with van der Waals surface area (Å²) in [5, 5.41) is 0. The zero-order valence-corrected chi connectivity index (χ0v) is 8.70. The molecule has 0 bridgehead atoms. The fraction of sp³-hybridized carbons (Fsp3) is 0.364. The third kappa shape index (κ3) is 2.49. The van der Waals surface area contributed by atoms with Crippen LogP contribution in [0.25, 0.3) is 0 Å². The van der Waals surface area contributed by atoms with Gasteiger partial charge in [0.15, 0.2) is 0 Å². The van der Waals surface area contributed by atoms with Gasteiger partial charge in [-0.1, -0.05) is 6.07 Å². The largest absolute Gasteiger partial charge is 0.462 e. The Labute approximate surface area is 84.3 Å². The maximum atomic E-state index is 11.3. The average Bonchev–Trinajstić information content (AvgIpc) is 2.18. The van der Waals surface area contributed by atoms with Crippen molar-refractivity contribution in [3.05, 3.63) is 29.8 Å². The van der Waals surface area contributed by atoms with Crippen molar-refractivity contribution < 1.29 is 9.53 Å². The van der Waals surface area contributed by atoms with E-state index in [1.807, 2.05) is 25.1 Å². The molecular weight excluding hydrogens is 178 g/mol. The Morgan fingerprint density at radius 2 is 2.29 bits per heavy atom. The van der Waals surface area contributed by atoms with Gasteiger partial charge in [0.2, 0.25) is 0 Å². The van der Waals surface area contributed by atoms with Gasteiger partial charge in [-0.3, -0.25) is 0 Å². The summed E-state index contributed by atoms with van der Waals surface area (Å²) in [5.41, 5.74) is 1.44. The third-order valence-corrected chi connectivity index (χ3v) is 1.80. The molecule has 0 aliphatic rings. The van der Waals surface area contributed by atoms with Crippen LogP contribution in [0.1, 0.15) is 17.3 Å². The lowest BCUT2D eigenvalue weighted by Crippen LogP contribution is -2.10. The van der Waals surface area contributed by atoms with E-state index >= 15 is 0 Å². The smallest absolute Gasteiger partial charge is 0.338 e. The molecule has 0 heterocycles. The molecule has 14 heavy (non-hydrogen) atoms. The van der Waals surface area contributed by atoms with Crippen molar-refractivity contribution in [3.8, 4) is 0 Å². The lowest BCUT2D eigenvalue weighted by molar-refractivity contribution is 0.0526. The Morgan fingerprint density at radius 3 is 2.86 bits per heavy atom. The predicted molar refractivity (Wildman–Crippen MR) is 55.6 cm³/mol. The van der Waals surface area contributed by atoms with E-state index in [9.17, 15) is 4.79 Å². The number of ether oxygens (including phenoxy) is 1. The number of carbonyl (C=O) groups excluding carboxylic acids is 1. The summed E-state index contributed by atoms with van der Waals surface area (Å²) in [4.78, 5) is 13.3. The second kappa shape index (κ2) is 4.65. The van der Waals surface area contributed by atoms with E-state index in [0.29, 0.717) is 12.2 Å². The molecule has 0 spiro atoms. The lowest BCUT2D eigenvalue weighted by atomic mass is 10.2. The minimum absolute atomic E-state index is 0.323. The number of esters is 1. The van der Waals surface area contributed by atoms with E-state index in [4.69, 9.17) is 4.74 Å². The zero-order valence-electron chi connectivity index (χ0n) is 8.70. The van der Waals surface area contributed by atoms with E-state index < -0.39 is 0 Å². The zero-order chi connectivity index (χ0) is 10.6. The molecule has 1 aromatic carbocycles. The second-order valence-electron chi connectivity index (χ2n) is 3.08. The van der Waals surface area contributed by atoms with Crippen molar-refractivity contribution >= 4 is 11.7 Å². The fourth-order valence-electron chi connectivity index (χ4n) is 1.06. The molecule has 1 radical (unpaired) electrons. The molecule has 0 saturated carbocycles. The van der Waals surface area contributed by atoms with Crippen LogP contribution in [0.4, 0.5) is 5.69 Å². The molecule has 0 aliphatic heterocycles. The molecule has 0 aliphatic carbocycles. The van der Waals surface area contributed by atoms with Gasteiger partial charge in [-0.15, -0.1) is 0 Å². The summed E-state index contributed by atoms with van der Waals surface area (Å²) in [6.07, 6.45) is 0. The van der Waals surface area contributed by atoms with Gasteiger partial charge < -0.3 is 9.64 Å². The number of nitrogens with zero attached hydrogens (tertiary/aromatic N) is 1. The monoisotopic (exact) mass is 192 g/mol. The number of rotatable bonds is 3. The van der Waals surface area contributed by atoms with Gasteiger partial charge in [-0.2, -0.15) is 0 Å². The van der Waals surface area contributed by atoms with Crippen molar-refractivity contribution in [2.45, 2.75) is 6.92 Å². The molecule has 0 atom stereocenters. The summed E-state index contributed by atoms with van der Waals surface area (Å²) >= 11 is 0. The van der Waals surface area contributed by atoms with E-state index in [1.165, 1.54) is 0 Å². The molecule has 75 valence electrons. The number of hydrogen-bond donors (Lipinski definition) is 0. The Bertz CT molecular complexity index is 321. The van der Waals surface area contributed by atoms with Gasteiger partial charge in [-0.25, -0.2) is 4.79 Å². The van der Waals surface area contributed by atoms with Gasteiger partial charge in [0.05, 0.1) is 12.2 Å². The molecule has 0 unspecified atom stereocenters. The summed E-state index contributed by atoms with van der Waals surface area (Å²) < 4.78 is 4.87. The second-order valence-corrected chi connectivity index (χ2v) is 3.08. The highest BCUT2D eigenvalue weighted by Gasteiger charge is 2.07.